The van der Waals surface area contributed by atoms with E-state index in [-0.39, 0.29) is 23.3 Å². The minimum atomic E-state index is -3.76. The first-order chi connectivity index (χ1) is 16.1. The van der Waals surface area contributed by atoms with Crippen LogP contribution in [0.15, 0.2) is 33.7 Å². The summed E-state index contributed by atoms with van der Waals surface area (Å²) in [5, 5.41) is 6.96. The summed E-state index contributed by atoms with van der Waals surface area (Å²) in [6.07, 6.45) is 1.28. The Morgan fingerprint density at radius 3 is 2.65 bits per heavy atom. The molecule has 0 radical (unpaired) electrons. The van der Waals surface area contributed by atoms with Crippen LogP contribution in [0.5, 0.6) is 0 Å². The molecule has 0 bridgehead atoms. The fourth-order valence-corrected chi connectivity index (χ4v) is 6.99. The van der Waals surface area contributed by atoms with Crippen LogP contribution in [0.3, 0.4) is 0 Å². The summed E-state index contributed by atoms with van der Waals surface area (Å²) in [6, 6.07) is 7.39. The lowest BCUT2D eigenvalue weighted by Gasteiger charge is -2.31. The second-order valence-electron chi connectivity index (χ2n) is 9.13. The van der Waals surface area contributed by atoms with Gasteiger partial charge in [0.15, 0.2) is 0 Å². The van der Waals surface area contributed by atoms with Gasteiger partial charge in [0, 0.05) is 29.6 Å². The molecular weight excluding hydrogens is 472 g/mol. The third-order valence-electron chi connectivity index (χ3n) is 6.18. The van der Waals surface area contributed by atoms with Gasteiger partial charge in [-0.3, -0.25) is 4.79 Å². The number of carbonyl (C=O) groups excluding carboxylic acids is 1. The molecule has 1 aliphatic heterocycles. The van der Waals surface area contributed by atoms with Gasteiger partial charge in [-0.25, -0.2) is 8.42 Å². The zero-order valence-electron chi connectivity index (χ0n) is 20.1. The molecule has 1 atom stereocenters. The number of hydrogen-bond acceptors (Lipinski definition) is 7. The second kappa shape index (κ2) is 9.59. The van der Waals surface area contributed by atoms with Gasteiger partial charge >= 0.3 is 0 Å². The van der Waals surface area contributed by atoms with E-state index >= 15 is 0 Å². The lowest BCUT2D eigenvalue weighted by atomic mass is 9.98. The van der Waals surface area contributed by atoms with E-state index in [1.807, 2.05) is 45.9 Å². The summed E-state index contributed by atoms with van der Waals surface area (Å²) in [4.78, 5) is 18.9. The van der Waals surface area contributed by atoms with Crippen molar-refractivity contribution < 1.29 is 17.7 Å². The lowest BCUT2D eigenvalue weighted by molar-refractivity contribution is -0.120. The Hall–Kier alpha value is -2.56. The van der Waals surface area contributed by atoms with Gasteiger partial charge in [-0.05, 0) is 62.9 Å². The van der Waals surface area contributed by atoms with Gasteiger partial charge < -0.3 is 9.84 Å². The molecule has 2 aromatic heterocycles. The average molecular weight is 503 g/mol. The number of benzene rings is 1. The number of nitrogens with one attached hydrogen (secondary N) is 1. The van der Waals surface area contributed by atoms with Crippen molar-refractivity contribution >= 4 is 33.0 Å². The van der Waals surface area contributed by atoms with Gasteiger partial charge in [-0.15, -0.1) is 11.3 Å². The molecule has 1 N–H and O–H groups in total. The normalized spacial score (nSPS) is 17.3. The van der Waals surface area contributed by atoms with Crippen LogP contribution in [0, 0.1) is 26.7 Å². The van der Waals surface area contributed by atoms with Crippen molar-refractivity contribution in [1.29, 1.82) is 0 Å². The summed E-state index contributed by atoms with van der Waals surface area (Å²) in [7, 11) is -3.76. The van der Waals surface area contributed by atoms with Crippen molar-refractivity contribution in [3.8, 4) is 10.7 Å². The molecule has 1 amide bonds. The maximum Gasteiger partial charge on any atom is 0.244 e. The Bertz CT molecular complexity index is 1310. The highest BCUT2D eigenvalue weighted by atomic mass is 32.2. The van der Waals surface area contributed by atoms with E-state index in [2.05, 4.69) is 15.5 Å². The Labute approximate surface area is 204 Å². The minimum absolute atomic E-state index is 0.0887. The van der Waals surface area contributed by atoms with Crippen LogP contribution in [-0.2, 0) is 14.8 Å². The van der Waals surface area contributed by atoms with Crippen LogP contribution in [-0.4, -0.2) is 41.9 Å². The molecule has 1 aromatic carbocycles. The van der Waals surface area contributed by atoms with Crippen molar-refractivity contribution in [1.82, 2.24) is 14.4 Å². The fraction of sp³-hybridized carbons (Fsp3) is 0.458. The number of amides is 1. The Morgan fingerprint density at radius 2 is 1.97 bits per heavy atom. The first kappa shape index (κ1) is 24.6. The van der Waals surface area contributed by atoms with Crippen molar-refractivity contribution in [2.75, 3.05) is 18.4 Å². The fourth-order valence-electron chi connectivity index (χ4n) is 3.98. The average Bonchev–Trinajstić information content (AvgIpc) is 3.44. The van der Waals surface area contributed by atoms with Crippen LogP contribution < -0.4 is 5.32 Å². The molecule has 4 rings (SSSR count). The minimum Gasteiger partial charge on any atom is -0.339 e. The standard InChI is InChI=1S/C24H30N4O4S2/c1-14(2)24-26-22(27-32-24)20-12-21(17(5)33-20)34(30,31)28-10-6-7-18(13-28)23(29)25-19-9-8-15(3)16(4)11-19/h8-9,11-12,14,18H,6-7,10,13H2,1-5H3,(H,25,29). The summed E-state index contributed by atoms with van der Waals surface area (Å²) < 4.78 is 33.7. The van der Waals surface area contributed by atoms with Crippen LogP contribution in [0.25, 0.3) is 10.7 Å². The number of rotatable bonds is 6. The van der Waals surface area contributed by atoms with Crippen molar-refractivity contribution in [2.24, 2.45) is 5.92 Å². The number of anilines is 1. The number of carbonyl (C=O) groups is 1. The summed E-state index contributed by atoms with van der Waals surface area (Å²) in [5.74, 6) is 0.431. The molecule has 1 aliphatic rings. The predicted octanol–water partition coefficient (Wildman–Crippen LogP) is 4.89. The number of aryl methyl sites for hydroxylation is 3. The van der Waals surface area contributed by atoms with E-state index in [9.17, 15) is 13.2 Å². The Morgan fingerprint density at radius 1 is 1.21 bits per heavy atom. The molecule has 1 fully saturated rings. The van der Waals surface area contributed by atoms with Gasteiger partial charge in [0.1, 0.15) is 0 Å². The molecule has 1 saturated heterocycles. The number of hydrogen-bond donors (Lipinski definition) is 1. The third-order valence-corrected chi connectivity index (χ3v) is 9.34. The molecule has 0 spiro atoms. The summed E-state index contributed by atoms with van der Waals surface area (Å²) in [6.45, 7) is 10.2. The zero-order chi connectivity index (χ0) is 24.6. The third kappa shape index (κ3) is 4.94. The van der Waals surface area contributed by atoms with E-state index in [0.717, 1.165) is 16.8 Å². The number of nitrogens with zero attached hydrogens (tertiary/aromatic N) is 3. The smallest absolute Gasteiger partial charge is 0.244 e. The molecule has 3 aromatic rings. The van der Waals surface area contributed by atoms with Crippen LogP contribution in [0.4, 0.5) is 5.69 Å². The van der Waals surface area contributed by atoms with E-state index in [1.165, 1.54) is 15.6 Å². The van der Waals surface area contributed by atoms with Gasteiger partial charge in [0.05, 0.1) is 15.7 Å². The van der Waals surface area contributed by atoms with E-state index in [4.69, 9.17) is 4.52 Å². The molecule has 0 aliphatic carbocycles. The SMILES string of the molecule is Cc1ccc(NC(=O)C2CCCN(S(=O)(=O)c3cc(-c4noc(C(C)C)n4)sc3C)C2)cc1C. The highest BCUT2D eigenvalue weighted by molar-refractivity contribution is 7.89. The van der Waals surface area contributed by atoms with Crippen molar-refractivity contribution in [2.45, 2.75) is 58.3 Å². The van der Waals surface area contributed by atoms with Crippen LogP contribution in [0.2, 0.25) is 0 Å². The second-order valence-corrected chi connectivity index (χ2v) is 12.3. The molecule has 10 heteroatoms. The molecule has 3 heterocycles. The first-order valence-corrected chi connectivity index (χ1v) is 13.6. The topological polar surface area (TPSA) is 105 Å². The Kier molecular flexibility index (Phi) is 6.93. The monoisotopic (exact) mass is 502 g/mol. The Balaban J connectivity index is 1.51. The molecule has 0 saturated carbocycles. The maximum atomic E-state index is 13.5. The quantitative estimate of drug-likeness (QED) is 0.515. The summed E-state index contributed by atoms with van der Waals surface area (Å²) in [5.41, 5.74) is 2.98. The van der Waals surface area contributed by atoms with Crippen LogP contribution in [0.1, 0.15) is 54.5 Å². The largest absolute Gasteiger partial charge is 0.339 e. The molecule has 1 unspecified atom stereocenters. The number of aromatic nitrogens is 2. The van der Waals surface area contributed by atoms with Crippen molar-refractivity contribution in [3.05, 3.63) is 46.2 Å². The molecule has 8 nitrogen and oxygen atoms in total. The van der Waals surface area contributed by atoms with Gasteiger partial charge in [0.25, 0.3) is 0 Å². The first-order valence-electron chi connectivity index (χ1n) is 11.4. The van der Waals surface area contributed by atoms with Crippen LogP contribution >= 0.6 is 11.3 Å². The number of piperidine rings is 1. The van der Waals surface area contributed by atoms with E-state index < -0.39 is 15.9 Å². The summed E-state index contributed by atoms with van der Waals surface area (Å²) >= 11 is 1.32. The molecule has 182 valence electrons. The van der Waals surface area contributed by atoms with Gasteiger partial charge in [-0.1, -0.05) is 25.1 Å². The number of sulfonamides is 1. The highest BCUT2D eigenvalue weighted by Gasteiger charge is 2.35. The predicted molar refractivity (Wildman–Crippen MR) is 132 cm³/mol. The highest BCUT2D eigenvalue weighted by Crippen LogP contribution is 2.35. The maximum absolute atomic E-state index is 13.5. The molecule has 34 heavy (non-hydrogen) atoms. The van der Waals surface area contributed by atoms with E-state index in [1.54, 1.807) is 13.0 Å². The molecular formula is C24H30N4O4S2. The van der Waals surface area contributed by atoms with Gasteiger partial charge in [-0.2, -0.15) is 9.29 Å². The zero-order valence-corrected chi connectivity index (χ0v) is 21.7. The van der Waals surface area contributed by atoms with Gasteiger partial charge in [0.2, 0.25) is 27.6 Å². The number of thiophene rings is 1. The van der Waals surface area contributed by atoms with Crippen molar-refractivity contribution in [3.63, 3.8) is 0 Å². The lowest BCUT2D eigenvalue weighted by Crippen LogP contribution is -2.43. The van der Waals surface area contributed by atoms with E-state index in [0.29, 0.717) is 40.9 Å².